The van der Waals surface area contributed by atoms with E-state index in [0.717, 1.165) is 11.1 Å². The lowest BCUT2D eigenvalue weighted by Crippen LogP contribution is -2.04. The van der Waals surface area contributed by atoms with Gasteiger partial charge in [-0.2, -0.15) is 0 Å². The molecule has 2 aromatic rings. The van der Waals surface area contributed by atoms with Crippen molar-refractivity contribution in [1.29, 1.82) is 0 Å². The third-order valence-electron chi connectivity index (χ3n) is 2.65. The van der Waals surface area contributed by atoms with Gasteiger partial charge < -0.3 is 5.11 Å². The minimum Gasteiger partial charge on any atom is -0.386 e. The molecule has 1 unspecified atom stereocenters. The van der Waals surface area contributed by atoms with Gasteiger partial charge in [0, 0.05) is 17.6 Å². The van der Waals surface area contributed by atoms with Gasteiger partial charge in [0.1, 0.15) is 0 Å². The quantitative estimate of drug-likeness (QED) is 0.903. The Kier molecular flexibility index (Phi) is 3.77. The maximum absolute atomic E-state index is 10.0. The highest BCUT2D eigenvalue weighted by Gasteiger charge is 2.11. The van der Waals surface area contributed by atoms with E-state index >= 15 is 0 Å². The maximum Gasteiger partial charge on any atom is 0.1000 e. The minimum atomic E-state index is -0.614. The van der Waals surface area contributed by atoms with Gasteiger partial charge in [-0.1, -0.05) is 29.8 Å². The second-order valence-corrected chi connectivity index (χ2v) is 4.48. The van der Waals surface area contributed by atoms with Gasteiger partial charge in [0.2, 0.25) is 0 Å². The Morgan fingerprint density at radius 2 is 2.12 bits per heavy atom. The molecule has 1 heterocycles. The standard InChI is InChI=1S/C14H14ClNO/c1-10-5-6-11(12(15)8-10)9-14(17)13-4-2-3-7-16-13/h2-8,14,17H,9H2,1H3. The van der Waals surface area contributed by atoms with Gasteiger partial charge in [-0.25, -0.2) is 0 Å². The molecule has 3 heteroatoms. The molecule has 0 spiro atoms. The highest BCUT2D eigenvalue weighted by Crippen LogP contribution is 2.23. The number of nitrogens with zero attached hydrogens (tertiary/aromatic N) is 1. The second-order valence-electron chi connectivity index (χ2n) is 4.07. The first-order valence-electron chi connectivity index (χ1n) is 5.51. The average molecular weight is 248 g/mol. The van der Waals surface area contributed by atoms with Crippen LogP contribution in [0.4, 0.5) is 0 Å². The van der Waals surface area contributed by atoms with Gasteiger partial charge in [0.25, 0.3) is 0 Å². The molecule has 0 aliphatic rings. The number of aromatic nitrogens is 1. The summed E-state index contributed by atoms with van der Waals surface area (Å²) in [7, 11) is 0. The van der Waals surface area contributed by atoms with E-state index < -0.39 is 6.10 Å². The van der Waals surface area contributed by atoms with Crippen molar-refractivity contribution in [3.8, 4) is 0 Å². The van der Waals surface area contributed by atoms with Gasteiger partial charge in [-0.15, -0.1) is 0 Å². The van der Waals surface area contributed by atoms with Crippen LogP contribution in [-0.2, 0) is 6.42 Å². The summed E-state index contributed by atoms with van der Waals surface area (Å²) in [4.78, 5) is 4.13. The fourth-order valence-electron chi connectivity index (χ4n) is 1.70. The first-order valence-corrected chi connectivity index (χ1v) is 5.88. The number of benzene rings is 1. The highest BCUT2D eigenvalue weighted by molar-refractivity contribution is 6.31. The van der Waals surface area contributed by atoms with E-state index in [4.69, 9.17) is 11.6 Å². The Hall–Kier alpha value is -1.38. The molecule has 0 saturated heterocycles. The van der Waals surface area contributed by atoms with Gasteiger partial charge in [-0.05, 0) is 36.2 Å². The predicted molar refractivity (Wildman–Crippen MR) is 69.1 cm³/mol. The van der Waals surface area contributed by atoms with Crippen LogP contribution in [0.1, 0.15) is 22.9 Å². The molecular weight excluding hydrogens is 234 g/mol. The lowest BCUT2D eigenvalue weighted by atomic mass is 10.0. The molecule has 2 rings (SSSR count). The Labute approximate surface area is 106 Å². The average Bonchev–Trinajstić information content (AvgIpc) is 2.34. The third kappa shape index (κ3) is 3.05. The molecule has 0 aliphatic carbocycles. The minimum absolute atomic E-state index is 0.482. The molecule has 0 amide bonds. The molecule has 1 aromatic heterocycles. The number of aryl methyl sites for hydroxylation is 1. The van der Waals surface area contributed by atoms with Gasteiger partial charge in [-0.3, -0.25) is 4.98 Å². The van der Waals surface area contributed by atoms with Crippen LogP contribution in [0.5, 0.6) is 0 Å². The number of hydrogen-bond donors (Lipinski definition) is 1. The maximum atomic E-state index is 10.0. The molecular formula is C14H14ClNO. The lowest BCUT2D eigenvalue weighted by molar-refractivity contribution is 0.173. The van der Waals surface area contributed by atoms with Crippen LogP contribution in [0.15, 0.2) is 42.6 Å². The van der Waals surface area contributed by atoms with Crippen LogP contribution in [0, 0.1) is 6.92 Å². The Bertz CT molecular complexity index is 499. The van der Waals surface area contributed by atoms with Crippen molar-refractivity contribution in [2.24, 2.45) is 0 Å². The fourth-order valence-corrected chi connectivity index (χ4v) is 2.02. The van der Waals surface area contributed by atoms with Gasteiger partial charge in [0.05, 0.1) is 11.8 Å². The van der Waals surface area contributed by atoms with Crippen molar-refractivity contribution in [3.63, 3.8) is 0 Å². The van der Waals surface area contributed by atoms with Crippen LogP contribution in [0.3, 0.4) is 0 Å². The van der Waals surface area contributed by atoms with Crippen LogP contribution in [0.2, 0.25) is 5.02 Å². The van der Waals surface area contributed by atoms with Crippen molar-refractivity contribution >= 4 is 11.6 Å². The second kappa shape index (κ2) is 5.30. The van der Waals surface area contributed by atoms with Crippen molar-refractivity contribution in [3.05, 3.63) is 64.4 Å². The zero-order valence-electron chi connectivity index (χ0n) is 9.60. The van der Waals surface area contributed by atoms with Gasteiger partial charge in [0.15, 0.2) is 0 Å². The molecule has 1 N–H and O–H groups in total. The highest BCUT2D eigenvalue weighted by atomic mass is 35.5. The first-order chi connectivity index (χ1) is 8.16. The van der Waals surface area contributed by atoms with E-state index in [1.54, 1.807) is 6.20 Å². The van der Waals surface area contributed by atoms with Crippen LogP contribution < -0.4 is 0 Å². The fraction of sp³-hybridized carbons (Fsp3) is 0.214. The summed E-state index contributed by atoms with van der Waals surface area (Å²) in [6.07, 6.45) is 1.54. The van der Waals surface area contributed by atoms with Gasteiger partial charge >= 0.3 is 0 Å². The number of pyridine rings is 1. The molecule has 0 aliphatic heterocycles. The summed E-state index contributed by atoms with van der Waals surface area (Å²) in [5.74, 6) is 0. The predicted octanol–water partition coefficient (Wildman–Crippen LogP) is 3.32. The van der Waals surface area contributed by atoms with Crippen molar-refractivity contribution in [2.45, 2.75) is 19.4 Å². The smallest absolute Gasteiger partial charge is 0.1000 e. The van der Waals surface area contributed by atoms with E-state index in [-0.39, 0.29) is 0 Å². The summed E-state index contributed by atoms with van der Waals surface area (Å²) in [6.45, 7) is 1.99. The van der Waals surface area contributed by atoms with Crippen molar-refractivity contribution in [1.82, 2.24) is 4.98 Å². The Morgan fingerprint density at radius 1 is 1.29 bits per heavy atom. The molecule has 88 valence electrons. The number of aliphatic hydroxyl groups excluding tert-OH is 1. The zero-order chi connectivity index (χ0) is 12.3. The van der Waals surface area contributed by atoms with E-state index in [1.165, 1.54) is 0 Å². The summed E-state index contributed by atoms with van der Waals surface area (Å²) in [6, 6.07) is 11.3. The number of hydrogen-bond acceptors (Lipinski definition) is 2. The molecule has 0 fully saturated rings. The molecule has 17 heavy (non-hydrogen) atoms. The molecule has 0 bridgehead atoms. The van der Waals surface area contributed by atoms with Crippen LogP contribution in [0.25, 0.3) is 0 Å². The number of rotatable bonds is 3. The van der Waals surface area contributed by atoms with E-state index in [0.29, 0.717) is 17.1 Å². The summed E-state index contributed by atoms with van der Waals surface area (Å²) < 4.78 is 0. The van der Waals surface area contributed by atoms with Crippen molar-refractivity contribution < 1.29 is 5.11 Å². The topological polar surface area (TPSA) is 33.1 Å². The monoisotopic (exact) mass is 247 g/mol. The van der Waals surface area contributed by atoms with E-state index in [1.807, 2.05) is 43.3 Å². The number of aliphatic hydroxyl groups is 1. The first kappa shape index (κ1) is 12.1. The molecule has 1 aromatic carbocycles. The molecule has 2 nitrogen and oxygen atoms in total. The number of halogens is 1. The van der Waals surface area contributed by atoms with E-state index in [9.17, 15) is 5.11 Å². The zero-order valence-corrected chi connectivity index (χ0v) is 10.4. The molecule has 0 radical (unpaired) electrons. The normalized spacial score (nSPS) is 12.4. The van der Waals surface area contributed by atoms with Crippen LogP contribution >= 0.6 is 11.6 Å². The SMILES string of the molecule is Cc1ccc(CC(O)c2ccccn2)c(Cl)c1. The van der Waals surface area contributed by atoms with E-state index in [2.05, 4.69) is 4.98 Å². The molecule has 0 saturated carbocycles. The Balaban J connectivity index is 2.16. The Morgan fingerprint density at radius 3 is 2.76 bits per heavy atom. The van der Waals surface area contributed by atoms with Crippen molar-refractivity contribution in [2.75, 3.05) is 0 Å². The third-order valence-corrected chi connectivity index (χ3v) is 3.00. The molecule has 1 atom stereocenters. The largest absolute Gasteiger partial charge is 0.386 e. The van der Waals surface area contributed by atoms with Crippen LogP contribution in [-0.4, -0.2) is 10.1 Å². The summed E-state index contributed by atoms with van der Waals surface area (Å²) in [5.41, 5.74) is 2.73. The lowest BCUT2D eigenvalue weighted by Gasteiger charge is -2.11. The summed E-state index contributed by atoms with van der Waals surface area (Å²) >= 11 is 6.13. The summed E-state index contributed by atoms with van der Waals surface area (Å²) in [5, 5.41) is 10.7.